The zero-order valence-corrected chi connectivity index (χ0v) is 17.7. The first-order valence-corrected chi connectivity index (χ1v) is 10.9. The molecule has 2 aromatic carbocycles. The molecule has 1 N–H and O–H groups in total. The number of likely N-dealkylation sites (tertiary alicyclic amines) is 1. The predicted octanol–water partition coefficient (Wildman–Crippen LogP) is 4.60. The molecule has 3 aromatic rings. The van der Waals surface area contributed by atoms with Crippen molar-refractivity contribution in [2.24, 2.45) is 5.92 Å². The summed E-state index contributed by atoms with van der Waals surface area (Å²) in [6.07, 6.45) is 5.43. The summed E-state index contributed by atoms with van der Waals surface area (Å²) in [7, 11) is 2.21. The van der Waals surface area contributed by atoms with Crippen LogP contribution in [0.5, 0.6) is 0 Å². The van der Waals surface area contributed by atoms with E-state index in [0.717, 1.165) is 50.8 Å². The van der Waals surface area contributed by atoms with Gasteiger partial charge >= 0.3 is 0 Å². The van der Waals surface area contributed by atoms with Gasteiger partial charge in [0.15, 0.2) is 0 Å². The van der Waals surface area contributed by atoms with Crippen molar-refractivity contribution < 1.29 is 4.39 Å². The van der Waals surface area contributed by atoms with E-state index >= 15 is 0 Å². The maximum atomic E-state index is 13.0. The van der Waals surface area contributed by atoms with Gasteiger partial charge in [-0.2, -0.15) is 5.10 Å². The maximum Gasteiger partial charge on any atom is 0.123 e. The Kier molecular flexibility index (Phi) is 6.92. The average Bonchev–Trinajstić information content (AvgIpc) is 3.23. The first kappa shape index (κ1) is 20.8. The standard InChI is InChI=1S/C25H31FN4/c1-29(19-23-17-27-28-25(23)22-5-3-2-4-6-22)18-21-12-15-30(16-13-21)14-11-20-7-9-24(26)10-8-20/h2-10,17,21H,11-16,18-19H2,1H3,(H,27,28). The van der Waals surface area contributed by atoms with E-state index in [1.54, 1.807) is 12.1 Å². The van der Waals surface area contributed by atoms with Gasteiger partial charge in [-0.1, -0.05) is 42.5 Å². The second kappa shape index (κ2) is 10.0. The molecule has 0 aliphatic carbocycles. The normalized spacial score (nSPS) is 15.7. The largest absolute Gasteiger partial charge is 0.303 e. The Morgan fingerprint density at radius 2 is 1.80 bits per heavy atom. The lowest BCUT2D eigenvalue weighted by molar-refractivity contribution is 0.153. The molecule has 0 saturated carbocycles. The van der Waals surface area contributed by atoms with Gasteiger partial charge in [-0.05, 0) is 68.6 Å². The molecule has 2 heterocycles. The van der Waals surface area contributed by atoms with Crippen molar-refractivity contribution in [3.63, 3.8) is 0 Å². The van der Waals surface area contributed by atoms with Crippen LogP contribution in [0, 0.1) is 11.7 Å². The Morgan fingerprint density at radius 3 is 2.53 bits per heavy atom. The zero-order chi connectivity index (χ0) is 20.8. The van der Waals surface area contributed by atoms with Crippen LogP contribution in [-0.4, -0.2) is 53.2 Å². The van der Waals surface area contributed by atoms with E-state index in [-0.39, 0.29) is 5.82 Å². The van der Waals surface area contributed by atoms with E-state index in [1.807, 2.05) is 24.4 Å². The third kappa shape index (κ3) is 5.55. The molecule has 0 radical (unpaired) electrons. The molecule has 4 nitrogen and oxygen atoms in total. The van der Waals surface area contributed by atoms with Crippen LogP contribution in [0.3, 0.4) is 0 Å². The van der Waals surface area contributed by atoms with Gasteiger partial charge in [0.2, 0.25) is 0 Å². The van der Waals surface area contributed by atoms with Gasteiger partial charge in [0.1, 0.15) is 5.82 Å². The molecule has 0 amide bonds. The van der Waals surface area contributed by atoms with Gasteiger partial charge in [-0.25, -0.2) is 4.39 Å². The van der Waals surface area contributed by atoms with Crippen molar-refractivity contribution in [1.29, 1.82) is 0 Å². The Bertz CT molecular complexity index is 898. The summed E-state index contributed by atoms with van der Waals surface area (Å²) in [6, 6.07) is 17.3. The fourth-order valence-electron chi connectivity index (χ4n) is 4.41. The molecule has 1 aliphatic heterocycles. The molecule has 4 rings (SSSR count). The number of nitrogens with one attached hydrogen (secondary N) is 1. The number of benzene rings is 2. The summed E-state index contributed by atoms with van der Waals surface area (Å²) in [6.45, 7) is 5.39. The first-order chi connectivity index (χ1) is 14.7. The van der Waals surface area contributed by atoms with Gasteiger partial charge in [0.05, 0.1) is 11.9 Å². The number of aromatic amines is 1. The van der Waals surface area contributed by atoms with Crippen LogP contribution in [0.4, 0.5) is 4.39 Å². The first-order valence-electron chi connectivity index (χ1n) is 10.9. The highest BCUT2D eigenvalue weighted by Crippen LogP contribution is 2.23. The molecular weight excluding hydrogens is 375 g/mol. The highest BCUT2D eigenvalue weighted by atomic mass is 19.1. The molecule has 1 saturated heterocycles. The van der Waals surface area contributed by atoms with E-state index in [9.17, 15) is 4.39 Å². The van der Waals surface area contributed by atoms with Crippen molar-refractivity contribution in [2.45, 2.75) is 25.8 Å². The molecule has 1 aromatic heterocycles. The lowest BCUT2D eigenvalue weighted by Crippen LogP contribution is -2.38. The number of rotatable bonds is 8. The Morgan fingerprint density at radius 1 is 1.07 bits per heavy atom. The minimum absolute atomic E-state index is 0.157. The van der Waals surface area contributed by atoms with Crippen molar-refractivity contribution in [1.82, 2.24) is 20.0 Å². The van der Waals surface area contributed by atoms with E-state index in [0.29, 0.717) is 0 Å². The summed E-state index contributed by atoms with van der Waals surface area (Å²) in [4.78, 5) is 4.97. The Balaban J connectivity index is 1.22. The van der Waals surface area contributed by atoms with Crippen LogP contribution < -0.4 is 0 Å². The third-order valence-electron chi connectivity index (χ3n) is 6.13. The quantitative estimate of drug-likeness (QED) is 0.594. The SMILES string of the molecule is CN(Cc1cn[nH]c1-c1ccccc1)CC1CCN(CCc2ccc(F)cc2)CC1. The van der Waals surface area contributed by atoms with Crippen LogP contribution in [0.25, 0.3) is 11.3 Å². The molecule has 0 unspecified atom stereocenters. The zero-order valence-electron chi connectivity index (χ0n) is 17.7. The van der Waals surface area contributed by atoms with Crippen LogP contribution in [-0.2, 0) is 13.0 Å². The van der Waals surface area contributed by atoms with Crippen molar-refractivity contribution in [3.8, 4) is 11.3 Å². The van der Waals surface area contributed by atoms with Crippen molar-refractivity contribution in [3.05, 3.63) is 77.7 Å². The molecular formula is C25H31FN4. The topological polar surface area (TPSA) is 35.2 Å². The highest BCUT2D eigenvalue weighted by Gasteiger charge is 2.21. The lowest BCUT2D eigenvalue weighted by Gasteiger charge is -2.34. The summed E-state index contributed by atoms with van der Waals surface area (Å²) < 4.78 is 13.0. The van der Waals surface area contributed by atoms with Crippen LogP contribution >= 0.6 is 0 Å². The number of aromatic nitrogens is 2. The molecule has 0 bridgehead atoms. The molecule has 0 spiro atoms. The van der Waals surface area contributed by atoms with Crippen LogP contribution in [0.15, 0.2) is 60.8 Å². The van der Waals surface area contributed by atoms with Gasteiger partial charge in [0.25, 0.3) is 0 Å². The van der Waals surface area contributed by atoms with Crippen molar-refractivity contribution >= 4 is 0 Å². The number of piperidine rings is 1. The van der Waals surface area contributed by atoms with Crippen LogP contribution in [0.1, 0.15) is 24.0 Å². The average molecular weight is 407 g/mol. The Labute approximate surface area is 178 Å². The second-order valence-electron chi connectivity index (χ2n) is 8.49. The summed E-state index contributed by atoms with van der Waals surface area (Å²) >= 11 is 0. The maximum absolute atomic E-state index is 13.0. The molecule has 5 heteroatoms. The van der Waals surface area contributed by atoms with E-state index in [2.05, 4.69) is 51.3 Å². The van der Waals surface area contributed by atoms with Crippen molar-refractivity contribution in [2.75, 3.05) is 33.2 Å². The number of halogens is 1. The third-order valence-corrected chi connectivity index (χ3v) is 6.13. The summed E-state index contributed by atoms with van der Waals surface area (Å²) in [5.74, 6) is 0.583. The van der Waals surface area contributed by atoms with E-state index < -0.39 is 0 Å². The summed E-state index contributed by atoms with van der Waals surface area (Å²) in [5.41, 5.74) is 4.78. The molecule has 1 aliphatic rings. The fourth-order valence-corrected chi connectivity index (χ4v) is 4.41. The summed E-state index contributed by atoms with van der Waals surface area (Å²) in [5, 5.41) is 7.44. The van der Waals surface area contributed by atoms with Gasteiger partial charge in [-0.15, -0.1) is 0 Å². The second-order valence-corrected chi connectivity index (χ2v) is 8.49. The molecule has 1 fully saturated rings. The molecule has 0 atom stereocenters. The van der Waals surface area contributed by atoms with E-state index in [4.69, 9.17) is 0 Å². The lowest BCUT2D eigenvalue weighted by atomic mass is 9.95. The number of H-pyrrole nitrogens is 1. The minimum Gasteiger partial charge on any atom is -0.303 e. The monoisotopic (exact) mass is 406 g/mol. The predicted molar refractivity (Wildman–Crippen MR) is 120 cm³/mol. The highest BCUT2D eigenvalue weighted by molar-refractivity contribution is 5.62. The van der Waals surface area contributed by atoms with Crippen LogP contribution in [0.2, 0.25) is 0 Å². The van der Waals surface area contributed by atoms with E-state index in [1.165, 1.54) is 29.5 Å². The molecule has 30 heavy (non-hydrogen) atoms. The van der Waals surface area contributed by atoms with Gasteiger partial charge in [-0.3, -0.25) is 5.10 Å². The van der Waals surface area contributed by atoms with Gasteiger partial charge < -0.3 is 9.80 Å². The minimum atomic E-state index is -0.157. The number of nitrogens with zero attached hydrogens (tertiary/aromatic N) is 3. The fraction of sp³-hybridized carbons (Fsp3) is 0.400. The molecule has 158 valence electrons. The Hall–Kier alpha value is -2.50. The number of hydrogen-bond acceptors (Lipinski definition) is 3. The number of hydrogen-bond donors (Lipinski definition) is 1. The van der Waals surface area contributed by atoms with Gasteiger partial charge in [0, 0.05) is 25.2 Å². The smallest absolute Gasteiger partial charge is 0.123 e.